The van der Waals surface area contributed by atoms with Crippen LogP contribution < -0.4 is 10.6 Å². The molecule has 15 heteroatoms. The maximum atomic E-state index is 13.7. The maximum Gasteiger partial charge on any atom is 0.407 e. The highest BCUT2D eigenvalue weighted by atomic mass is 16.5. The first-order chi connectivity index (χ1) is 28.9. The summed E-state index contributed by atoms with van der Waals surface area (Å²) in [7, 11) is 2.58. The molecule has 4 N–H and O–H groups in total. The fourth-order valence-electron chi connectivity index (χ4n) is 8.63. The predicted molar refractivity (Wildman–Crippen MR) is 228 cm³/mol. The fourth-order valence-corrected chi connectivity index (χ4v) is 8.63. The van der Waals surface area contributed by atoms with Crippen molar-refractivity contribution in [1.82, 2.24) is 45.4 Å². The third kappa shape index (κ3) is 7.71. The molecule has 0 saturated carbocycles. The molecule has 2 saturated heterocycles. The summed E-state index contributed by atoms with van der Waals surface area (Å²) in [5, 5.41) is 8.41. The molecule has 2 fully saturated rings. The van der Waals surface area contributed by atoms with Gasteiger partial charge in [-0.3, -0.25) is 9.59 Å². The number of likely N-dealkylation sites (tertiary alicyclic amines) is 2. The van der Waals surface area contributed by atoms with E-state index in [0.29, 0.717) is 18.9 Å². The van der Waals surface area contributed by atoms with Crippen molar-refractivity contribution in [3.63, 3.8) is 0 Å². The molecule has 60 heavy (non-hydrogen) atoms. The minimum absolute atomic E-state index is 0.113. The Morgan fingerprint density at radius 2 is 1.30 bits per heavy atom. The Kier molecular flexibility index (Phi) is 11.2. The van der Waals surface area contributed by atoms with Crippen molar-refractivity contribution in [2.75, 3.05) is 27.3 Å². The van der Waals surface area contributed by atoms with E-state index in [-0.39, 0.29) is 35.7 Å². The highest BCUT2D eigenvalue weighted by Crippen LogP contribution is 2.36. The van der Waals surface area contributed by atoms with Gasteiger partial charge in [0.25, 0.3) is 0 Å². The summed E-state index contributed by atoms with van der Waals surface area (Å²) in [5.74, 6) is 0.928. The lowest BCUT2D eigenvalue weighted by molar-refractivity contribution is -0.136. The second kappa shape index (κ2) is 16.6. The van der Waals surface area contributed by atoms with Crippen LogP contribution in [-0.2, 0) is 19.1 Å². The van der Waals surface area contributed by atoms with E-state index in [0.717, 1.165) is 86.7 Å². The molecule has 0 aliphatic carbocycles. The highest BCUT2D eigenvalue weighted by Gasteiger charge is 2.39. The molecule has 0 spiro atoms. The number of fused-ring (bicyclic) bond motifs is 4. The third-order valence-corrected chi connectivity index (χ3v) is 11.9. The van der Waals surface area contributed by atoms with Gasteiger partial charge in [-0.25, -0.2) is 24.5 Å². The number of pyridine rings is 1. The second-order valence-electron chi connectivity index (χ2n) is 16.4. The number of aromatic nitrogens is 5. The monoisotopic (exact) mass is 813 g/mol. The number of H-pyrrole nitrogens is 2. The highest BCUT2D eigenvalue weighted by molar-refractivity contribution is 6.05. The van der Waals surface area contributed by atoms with Crippen LogP contribution in [0, 0.1) is 11.8 Å². The van der Waals surface area contributed by atoms with E-state index in [4.69, 9.17) is 24.4 Å². The molecule has 0 radical (unpaired) electrons. The number of rotatable bonds is 10. The zero-order valence-electron chi connectivity index (χ0n) is 34.7. The number of alkyl carbamates (subject to hydrolysis) is 2. The number of aromatic amines is 2. The predicted octanol–water partition coefficient (Wildman–Crippen LogP) is 7.41. The summed E-state index contributed by atoms with van der Waals surface area (Å²) in [4.78, 5) is 76.7. The number of methoxy groups -OCH3 is 2. The number of ether oxygens (including phenoxy) is 2. The van der Waals surface area contributed by atoms with Crippen LogP contribution in [0.5, 0.6) is 0 Å². The quantitative estimate of drug-likeness (QED) is 0.109. The SMILES string of the molecule is COC(=O)N[C@H](C(=O)N1CCC[C@H]1c1ncc(-c2ccc3nc(-c4ccc5c(ccc6[nH]c([C@@H]7CCCN7C(=O)[C@@H](NC(=O)OC)C(C)C)nc65)c4)ccc3c2)[nH]1)C(C)C. The van der Waals surface area contributed by atoms with Crippen molar-refractivity contribution in [1.29, 1.82) is 0 Å². The number of amides is 4. The van der Waals surface area contributed by atoms with Gasteiger partial charge in [-0.15, -0.1) is 0 Å². The van der Waals surface area contributed by atoms with Gasteiger partial charge in [0.1, 0.15) is 23.7 Å². The number of nitrogens with one attached hydrogen (secondary N) is 4. The summed E-state index contributed by atoms with van der Waals surface area (Å²) in [6.45, 7) is 8.78. The Balaban J connectivity index is 0.998. The molecule has 0 bridgehead atoms. The molecule has 15 nitrogen and oxygen atoms in total. The average molecular weight is 814 g/mol. The van der Waals surface area contributed by atoms with Crippen LogP contribution in [0.15, 0.2) is 66.9 Å². The fraction of sp³-hybridized carbons (Fsp3) is 0.400. The summed E-state index contributed by atoms with van der Waals surface area (Å²) >= 11 is 0. The molecule has 4 atom stereocenters. The van der Waals surface area contributed by atoms with Gasteiger partial charge in [-0.2, -0.15) is 0 Å². The Bertz CT molecular complexity index is 2600. The largest absolute Gasteiger partial charge is 0.453 e. The molecule has 4 amide bonds. The van der Waals surface area contributed by atoms with E-state index in [1.54, 1.807) is 6.20 Å². The number of benzene rings is 3. The summed E-state index contributed by atoms with van der Waals surface area (Å²) in [6, 6.07) is 18.7. The summed E-state index contributed by atoms with van der Waals surface area (Å²) < 4.78 is 9.56. The van der Waals surface area contributed by atoms with Crippen LogP contribution in [0.25, 0.3) is 55.2 Å². The molecule has 6 aromatic rings. The van der Waals surface area contributed by atoms with E-state index >= 15 is 0 Å². The number of nitrogens with zero attached hydrogens (tertiary/aromatic N) is 5. The number of carbonyl (C=O) groups is 4. The van der Waals surface area contributed by atoms with Crippen molar-refractivity contribution < 1.29 is 28.7 Å². The Morgan fingerprint density at radius 1 is 0.700 bits per heavy atom. The van der Waals surface area contributed by atoms with E-state index in [1.807, 2.05) is 61.8 Å². The van der Waals surface area contributed by atoms with Crippen LogP contribution in [0.1, 0.15) is 77.1 Å². The van der Waals surface area contributed by atoms with Crippen molar-refractivity contribution >= 4 is 56.7 Å². The van der Waals surface area contributed by atoms with E-state index in [9.17, 15) is 19.2 Å². The van der Waals surface area contributed by atoms with Crippen molar-refractivity contribution in [2.24, 2.45) is 11.8 Å². The first kappa shape index (κ1) is 40.3. The number of hydrogen-bond acceptors (Lipinski definition) is 9. The summed E-state index contributed by atoms with van der Waals surface area (Å²) in [6.07, 6.45) is 3.77. The second-order valence-corrected chi connectivity index (χ2v) is 16.4. The Hall–Kier alpha value is -6.51. The van der Waals surface area contributed by atoms with Gasteiger partial charge in [0.2, 0.25) is 11.8 Å². The smallest absolute Gasteiger partial charge is 0.407 e. The molecule has 0 unspecified atom stereocenters. The normalized spacial score (nSPS) is 17.8. The molecule has 3 aromatic heterocycles. The Labute approximate surface area is 347 Å². The van der Waals surface area contributed by atoms with Crippen LogP contribution in [0.4, 0.5) is 9.59 Å². The average Bonchev–Trinajstić information content (AvgIpc) is 4.09. The molecular weight excluding hydrogens is 763 g/mol. The maximum absolute atomic E-state index is 13.7. The zero-order chi connectivity index (χ0) is 42.2. The van der Waals surface area contributed by atoms with Crippen molar-refractivity contribution in [3.05, 3.63) is 78.5 Å². The van der Waals surface area contributed by atoms with Gasteiger partial charge in [0.15, 0.2) is 0 Å². The number of imidazole rings is 2. The van der Waals surface area contributed by atoms with Gasteiger partial charge in [0.05, 0.1) is 60.4 Å². The third-order valence-electron chi connectivity index (χ3n) is 11.9. The molecule has 5 heterocycles. The van der Waals surface area contributed by atoms with Gasteiger partial charge in [-0.05, 0) is 73.2 Å². The van der Waals surface area contributed by atoms with Crippen LogP contribution in [0.3, 0.4) is 0 Å². The lowest BCUT2D eigenvalue weighted by Crippen LogP contribution is -2.51. The van der Waals surface area contributed by atoms with Gasteiger partial charge in [-0.1, -0.05) is 58.0 Å². The number of carbonyl (C=O) groups excluding carboxylic acids is 4. The topological polar surface area (TPSA) is 188 Å². The minimum Gasteiger partial charge on any atom is -0.453 e. The molecule has 312 valence electrons. The van der Waals surface area contributed by atoms with E-state index in [2.05, 4.69) is 57.0 Å². The standard InChI is InChI=1S/C45H51N9O6/c1-24(2)37(51-44(57)59-5)42(55)53-19-7-9-35(53)40-46-23-34(49-40)29-14-17-32-28(22-29)13-16-31(47-32)27-11-15-30-26(21-27)12-18-33-39(30)50-41(48-33)36-10-8-20-54(36)43(56)38(25(3)4)52-45(58)60-6/h11-18,21-25,35-38H,7-10,19-20H2,1-6H3,(H,46,49)(H,48,50)(H,51,57)(H,52,58)/t35-,36-,37-,38-/m0/s1. The molecule has 2 aliphatic heterocycles. The van der Waals surface area contributed by atoms with Crippen LogP contribution in [0.2, 0.25) is 0 Å². The number of hydrogen-bond donors (Lipinski definition) is 4. The van der Waals surface area contributed by atoms with E-state index in [1.165, 1.54) is 14.2 Å². The van der Waals surface area contributed by atoms with Crippen LogP contribution in [-0.4, -0.2) is 98.1 Å². The van der Waals surface area contributed by atoms with Crippen molar-refractivity contribution in [2.45, 2.75) is 77.5 Å². The molecule has 3 aromatic carbocycles. The van der Waals surface area contributed by atoms with Gasteiger partial charge < -0.3 is 39.9 Å². The minimum atomic E-state index is -0.700. The van der Waals surface area contributed by atoms with Gasteiger partial charge in [0, 0.05) is 35.0 Å². The first-order valence-corrected chi connectivity index (χ1v) is 20.6. The summed E-state index contributed by atoms with van der Waals surface area (Å²) in [5.41, 5.74) is 6.20. The van der Waals surface area contributed by atoms with Gasteiger partial charge >= 0.3 is 12.2 Å². The lowest BCUT2D eigenvalue weighted by atomic mass is 10.0. The molecule has 8 rings (SSSR count). The molecular formula is C45H51N9O6. The zero-order valence-corrected chi connectivity index (χ0v) is 34.7. The molecule has 2 aliphatic rings. The van der Waals surface area contributed by atoms with Crippen molar-refractivity contribution in [3.8, 4) is 22.5 Å². The van der Waals surface area contributed by atoms with E-state index < -0.39 is 24.3 Å². The van der Waals surface area contributed by atoms with Crippen LogP contribution >= 0.6 is 0 Å². The lowest BCUT2D eigenvalue weighted by Gasteiger charge is -2.30. The first-order valence-electron chi connectivity index (χ1n) is 20.6. The Morgan fingerprint density at radius 3 is 1.93 bits per heavy atom.